The van der Waals surface area contributed by atoms with Gasteiger partial charge in [-0.15, -0.1) is 0 Å². The summed E-state index contributed by atoms with van der Waals surface area (Å²) in [6.45, 7) is 3.90. The van der Waals surface area contributed by atoms with Crippen LogP contribution in [-0.4, -0.2) is 5.91 Å². The molecule has 0 heterocycles. The molecule has 0 bridgehead atoms. The van der Waals surface area contributed by atoms with Crippen molar-refractivity contribution >= 4 is 29.3 Å². The van der Waals surface area contributed by atoms with Gasteiger partial charge in [0.05, 0.1) is 0 Å². The number of nitrogens with one attached hydrogen (secondary N) is 1. The van der Waals surface area contributed by atoms with Crippen LogP contribution < -0.4 is 5.32 Å². The SMILES string of the molecule is Cc1ccc(/C=C/C(=O)Nc2ccccc2C)cc1Cl. The Bertz CT molecular complexity index is 662. The number of anilines is 1. The van der Waals surface area contributed by atoms with Crippen LogP contribution in [0.15, 0.2) is 48.5 Å². The Balaban J connectivity index is 2.06. The minimum Gasteiger partial charge on any atom is -0.322 e. The van der Waals surface area contributed by atoms with E-state index in [1.54, 1.807) is 6.08 Å². The van der Waals surface area contributed by atoms with E-state index in [2.05, 4.69) is 5.32 Å². The highest BCUT2D eigenvalue weighted by Crippen LogP contribution is 2.18. The van der Waals surface area contributed by atoms with Crippen molar-refractivity contribution in [3.8, 4) is 0 Å². The minimum atomic E-state index is -0.156. The van der Waals surface area contributed by atoms with Crippen LogP contribution in [0.4, 0.5) is 5.69 Å². The van der Waals surface area contributed by atoms with Crippen molar-refractivity contribution in [1.29, 1.82) is 0 Å². The summed E-state index contributed by atoms with van der Waals surface area (Å²) in [5.41, 5.74) is 3.78. The number of halogens is 1. The minimum absolute atomic E-state index is 0.156. The summed E-state index contributed by atoms with van der Waals surface area (Å²) < 4.78 is 0. The molecular weight excluding hydrogens is 270 g/mol. The molecule has 2 aromatic carbocycles. The predicted octanol–water partition coefficient (Wildman–Crippen LogP) is 4.61. The van der Waals surface area contributed by atoms with E-state index in [0.717, 1.165) is 22.4 Å². The number of aryl methyl sites for hydroxylation is 2. The smallest absolute Gasteiger partial charge is 0.248 e. The highest BCUT2D eigenvalue weighted by molar-refractivity contribution is 6.31. The molecule has 1 N–H and O–H groups in total. The van der Waals surface area contributed by atoms with E-state index in [1.807, 2.05) is 56.3 Å². The van der Waals surface area contributed by atoms with Crippen LogP contribution >= 0.6 is 11.6 Å². The molecule has 2 nitrogen and oxygen atoms in total. The molecule has 0 aliphatic carbocycles. The van der Waals surface area contributed by atoms with Gasteiger partial charge in [-0.1, -0.05) is 41.9 Å². The van der Waals surface area contributed by atoms with Gasteiger partial charge in [-0.05, 0) is 48.7 Å². The van der Waals surface area contributed by atoms with Crippen molar-refractivity contribution in [3.63, 3.8) is 0 Å². The lowest BCUT2D eigenvalue weighted by Gasteiger charge is -2.05. The summed E-state index contributed by atoms with van der Waals surface area (Å²) in [4.78, 5) is 11.9. The molecular formula is C17H16ClNO. The molecule has 0 saturated heterocycles. The fraction of sp³-hybridized carbons (Fsp3) is 0.118. The quantitative estimate of drug-likeness (QED) is 0.820. The molecule has 20 heavy (non-hydrogen) atoms. The average molecular weight is 286 g/mol. The van der Waals surface area contributed by atoms with Crippen molar-refractivity contribution in [2.45, 2.75) is 13.8 Å². The monoisotopic (exact) mass is 285 g/mol. The second-order valence-corrected chi connectivity index (χ2v) is 5.05. The number of hydrogen-bond donors (Lipinski definition) is 1. The third-order valence-corrected chi connectivity index (χ3v) is 3.43. The second-order valence-electron chi connectivity index (χ2n) is 4.65. The van der Waals surface area contributed by atoms with Crippen LogP contribution in [0.1, 0.15) is 16.7 Å². The average Bonchev–Trinajstić information content (AvgIpc) is 2.43. The molecule has 0 atom stereocenters. The summed E-state index contributed by atoms with van der Waals surface area (Å²) in [5.74, 6) is -0.156. The van der Waals surface area contributed by atoms with Gasteiger partial charge in [-0.25, -0.2) is 0 Å². The van der Waals surface area contributed by atoms with Gasteiger partial charge in [0.25, 0.3) is 0 Å². The molecule has 3 heteroatoms. The standard InChI is InChI=1S/C17H16ClNO/c1-12-7-8-14(11-15(12)18)9-10-17(20)19-16-6-4-3-5-13(16)2/h3-11H,1-2H3,(H,19,20)/b10-9+. The first-order valence-electron chi connectivity index (χ1n) is 6.37. The molecule has 2 aromatic rings. The van der Waals surface area contributed by atoms with E-state index in [4.69, 9.17) is 11.6 Å². The lowest BCUT2D eigenvalue weighted by molar-refractivity contribution is -0.111. The second kappa shape index (κ2) is 6.40. The maximum atomic E-state index is 11.9. The number of carbonyl (C=O) groups excluding carboxylic acids is 1. The van der Waals surface area contributed by atoms with Crippen LogP contribution in [-0.2, 0) is 4.79 Å². The van der Waals surface area contributed by atoms with Crippen molar-refractivity contribution in [2.24, 2.45) is 0 Å². The highest BCUT2D eigenvalue weighted by Gasteiger charge is 2.00. The number of amides is 1. The zero-order valence-corrected chi connectivity index (χ0v) is 12.2. The molecule has 1 amide bonds. The Morgan fingerprint density at radius 2 is 1.85 bits per heavy atom. The van der Waals surface area contributed by atoms with Gasteiger partial charge in [0.15, 0.2) is 0 Å². The first-order chi connectivity index (χ1) is 9.56. The molecule has 0 aliphatic heterocycles. The molecule has 0 aliphatic rings. The Morgan fingerprint density at radius 3 is 2.55 bits per heavy atom. The van der Waals surface area contributed by atoms with Gasteiger partial charge in [0, 0.05) is 16.8 Å². The topological polar surface area (TPSA) is 29.1 Å². The van der Waals surface area contributed by atoms with Gasteiger partial charge in [0.1, 0.15) is 0 Å². The zero-order chi connectivity index (χ0) is 14.5. The van der Waals surface area contributed by atoms with Gasteiger partial charge in [0.2, 0.25) is 5.91 Å². The summed E-state index contributed by atoms with van der Waals surface area (Å²) in [6.07, 6.45) is 3.26. The first-order valence-corrected chi connectivity index (χ1v) is 6.75. The van der Waals surface area contributed by atoms with Gasteiger partial charge in [-0.2, -0.15) is 0 Å². The van der Waals surface area contributed by atoms with E-state index in [1.165, 1.54) is 6.08 Å². The first kappa shape index (κ1) is 14.4. The van der Waals surface area contributed by atoms with Crippen LogP contribution in [0.2, 0.25) is 5.02 Å². The molecule has 0 spiro atoms. The number of hydrogen-bond acceptors (Lipinski definition) is 1. The molecule has 0 fully saturated rings. The predicted molar refractivity (Wildman–Crippen MR) is 85.0 cm³/mol. The number of rotatable bonds is 3. The zero-order valence-electron chi connectivity index (χ0n) is 11.5. The van der Waals surface area contributed by atoms with Crippen molar-refractivity contribution < 1.29 is 4.79 Å². The van der Waals surface area contributed by atoms with Crippen molar-refractivity contribution in [2.75, 3.05) is 5.32 Å². The van der Waals surface area contributed by atoms with Crippen LogP contribution in [0.25, 0.3) is 6.08 Å². The van der Waals surface area contributed by atoms with Crippen LogP contribution in [0.3, 0.4) is 0 Å². The number of para-hydroxylation sites is 1. The molecule has 0 radical (unpaired) electrons. The largest absolute Gasteiger partial charge is 0.322 e. The van der Waals surface area contributed by atoms with E-state index in [9.17, 15) is 4.79 Å². The van der Waals surface area contributed by atoms with Crippen LogP contribution in [0, 0.1) is 13.8 Å². The fourth-order valence-corrected chi connectivity index (χ4v) is 1.96. The maximum absolute atomic E-state index is 11.9. The van der Waals surface area contributed by atoms with E-state index < -0.39 is 0 Å². The Hall–Kier alpha value is -2.06. The molecule has 0 aromatic heterocycles. The lowest BCUT2D eigenvalue weighted by Crippen LogP contribution is -2.08. The normalized spacial score (nSPS) is 10.8. The summed E-state index contributed by atoms with van der Waals surface area (Å²) in [7, 11) is 0. The molecule has 0 unspecified atom stereocenters. The van der Waals surface area contributed by atoms with Crippen LogP contribution in [0.5, 0.6) is 0 Å². The number of carbonyl (C=O) groups is 1. The molecule has 0 saturated carbocycles. The van der Waals surface area contributed by atoms with Gasteiger partial charge < -0.3 is 5.32 Å². The van der Waals surface area contributed by atoms with Crippen molar-refractivity contribution in [3.05, 3.63) is 70.3 Å². The maximum Gasteiger partial charge on any atom is 0.248 e. The summed E-state index contributed by atoms with van der Waals surface area (Å²) >= 11 is 6.05. The highest BCUT2D eigenvalue weighted by atomic mass is 35.5. The Kier molecular flexibility index (Phi) is 4.59. The van der Waals surface area contributed by atoms with Crippen molar-refractivity contribution in [1.82, 2.24) is 0 Å². The van der Waals surface area contributed by atoms with E-state index >= 15 is 0 Å². The molecule has 2 rings (SSSR count). The third kappa shape index (κ3) is 3.72. The lowest BCUT2D eigenvalue weighted by atomic mass is 10.1. The van der Waals surface area contributed by atoms with Gasteiger partial charge >= 0.3 is 0 Å². The Labute approximate surface area is 124 Å². The Morgan fingerprint density at radius 1 is 1.10 bits per heavy atom. The van der Waals surface area contributed by atoms with E-state index in [-0.39, 0.29) is 5.91 Å². The fourth-order valence-electron chi connectivity index (χ4n) is 1.77. The third-order valence-electron chi connectivity index (χ3n) is 3.03. The molecule has 102 valence electrons. The summed E-state index contributed by atoms with van der Waals surface area (Å²) in [6, 6.07) is 13.4. The summed E-state index contributed by atoms with van der Waals surface area (Å²) in [5, 5.41) is 3.55. The number of benzene rings is 2. The van der Waals surface area contributed by atoms with E-state index in [0.29, 0.717) is 5.02 Å². The van der Waals surface area contributed by atoms with Gasteiger partial charge in [-0.3, -0.25) is 4.79 Å².